The molecule has 58 heavy (non-hydrogen) atoms. The molecule has 330 valence electrons. The summed E-state index contributed by atoms with van der Waals surface area (Å²) in [6, 6.07) is 0. The molecule has 0 heterocycles. The first-order valence-electron chi connectivity index (χ1n) is 22.4. The summed E-state index contributed by atoms with van der Waals surface area (Å²) in [6.45, 7) is 4.56. The molecule has 0 radical (unpaired) electrons. The van der Waals surface area contributed by atoms with Gasteiger partial charge in [0.15, 0.2) is 0 Å². The fraction of sp³-hybridized carbons (Fsp3) is 0.612. The third-order valence-corrected chi connectivity index (χ3v) is 9.67. The van der Waals surface area contributed by atoms with Crippen LogP contribution in [0.3, 0.4) is 0 Å². The van der Waals surface area contributed by atoms with Crippen molar-refractivity contribution in [1.82, 2.24) is 0 Å². The van der Waals surface area contributed by atoms with E-state index >= 15 is 0 Å². The number of rotatable bonds is 41. The topological polar surface area (TPSA) is 117 Å². The summed E-state index contributed by atoms with van der Waals surface area (Å²) in [7, 11) is -4.30. The highest BCUT2D eigenvalue weighted by Crippen LogP contribution is 2.43. The van der Waals surface area contributed by atoms with Crippen LogP contribution in [0.4, 0.5) is 0 Å². The average molecular weight is 828 g/mol. The Balaban J connectivity index is 4.12. The molecular formula is C49H82NO7P. The molecule has 0 saturated carbocycles. The molecule has 0 aliphatic rings. The molecule has 2 atom stereocenters. The Morgan fingerprint density at radius 1 is 0.517 bits per heavy atom. The molecule has 8 nitrogen and oxygen atoms in total. The number of unbranched alkanes of at least 4 members (excludes halogenated alkanes) is 10. The van der Waals surface area contributed by atoms with E-state index in [2.05, 4.69) is 123 Å². The highest BCUT2D eigenvalue weighted by Gasteiger charge is 2.25. The van der Waals surface area contributed by atoms with Crippen molar-refractivity contribution in [2.45, 2.75) is 161 Å². The minimum Gasteiger partial charge on any atom is -0.457 e. The molecule has 0 saturated heterocycles. The zero-order valence-corrected chi connectivity index (χ0v) is 37.4. The molecule has 0 aromatic carbocycles. The second-order valence-corrected chi connectivity index (χ2v) is 15.6. The lowest BCUT2D eigenvalue weighted by molar-refractivity contribution is -0.154. The summed E-state index contributed by atoms with van der Waals surface area (Å²) in [5.74, 6) is -0.358. The Hall–Kier alpha value is -2.84. The van der Waals surface area contributed by atoms with Gasteiger partial charge in [0, 0.05) is 19.6 Å². The molecule has 0 bridgehead atoms. The fourth-order valence-electron chi connectivity index (χ4n) is 5.48. The molecule has 0 aromatic heterocycles. The fourth-order valence-corrected chi connectivity index (χ4v) is 6.25. The summed E-state index contributed by atoms with van der Waals surface area (Å²) < 4.78 is 33.4. The SMILES string of the molecule is CC/C=C\C/C=C\C/C=C\C/C=C\C/C=C\CCCCCCCCCC(=O)OC(COCCCCC/C=C\C/C=C\C/C=C\C/C=C\CC)COP(=O)(O)OCCN. The zero-order valence-electron chi connectivity index (χ0n) is 36.5. The Labute approximate surface area is 354 Å². The van der Waals surface area contributed by atoms with Crippen molar-refractivity contribution in [2.24, 2.45) is 5.73 Å². The minimum atomic E-state index is -4.30. The van der Waals surface area contributed by atoms with E-state index < -0.39 is 13.9 Å². The molecule has 0 amide bonds. The van der Waals surface area contributed by atoms with E-state index in [9.17, 15) is 14.3 Å². The molecule has 0 aliphatic carbocycles. The summed E-state index contributed by atoms with van der Waals surface area (Å²) in [6.07, 6.45) is 61.1. The van der Waals surface area contributed by atoms with Crippen molar-refractivity contribution in [3.05, 3.63) is 109 Å². The largest absolute Gasteiger partial charge is 0.472 e. The Bertz CT molecular complexity index is 1250. The van der Waals surface area contributed by atoms with E-state index in [1.54, 1.807) is 0 Å². The Morgan fingerprint density at radius 2 is 0.914 bits per heavy atom. The van der Waals surface area contributed by atoms with Crippen LogP contribution < -0.4 is 5.73 Å². The summed E-state index contributed by atoms with van der Waals surface area (Å²) in [5, 5.41) is 0. The van der Waals surface area contributed by atoms with Gasteiger partial charge in [0.1, 0.15) is 6.10 Å². The van der Waals surface area contributed by atoms with Crippen LogP contribution in [0, 0.1) is 0 Å². The van der Waals surface area contributed by atoms with E-state index in [0.29, 0.717) is 13.0 Å². The van der Waals surface area contributed by atoms with Gasteiger partial charge < -0.3 is 20.1 Å². The molecule has 0 rings (SSSR count). The predicted molar refractivity (Wildman–Crippen MR) is 247 cm³/mol. The smallest absolute Gasteiger partial charge is 0.457 e. The van der Waals surface area contributed by atoms with E-state index in [4.69, 9.17) is 24.3 Å². The van der Waals surface area contributed by atoms with Crippen molar-refractivity contribution in [3.63, 3.8) is 0 Å². The van der Waals surface area contributed by atoms with Crippen molar-refractivity contribution in [2.75, 3.05) is 33.0 Å². The lowest BCUT2D eigenvalue weighted by atomic mass is 10.1. The highest BCUT2D eigenvalue weighted by atomic mass is 31.2. The summed E-state index contributed by atoms with van der Waals surface area (Å²) >= 11 is 0. The number of ether oxygens (including phenoxy) is 2. The lowest BCUT2D eigenvalue weighted by Gasteiger charge is -2.20. The van der Waals surface area contributed by atoms with Crippen LogP contribution in [0.15, 0.2) is 109 Å². The van der Waals surface area contributed by atoms with Crippen LogP contribution in [0.2, 0.25) is 0 Å². The summed E-state index contributed by atoms with van der Waals surface area (Å²) in [4.78, 5) is 22.5. The van der Waals surface area contributed by atoms with Crippen molar-refractivity contribution < 1.29 is 32.8 Å². The normalized spacial score (nSPS) is 14.5. The Kier molecular flexibility index (Phi) is 43.0. The summed E-state index contributed by atoms with van der Waals surface area (Å²) in [5.41, 5.74) is 5.37. The van der Waals surface area contributed by atoms with Crippen molar-refractivity contribution >= 4 is 13.8 Å². The van der Waals surface area contributed by atoms with Gasteiger partial charge in [-0.05, 0) is 96.3 Å². The van der Waals surface area contributed by atoms with Crippen molar-refractivity contribution in [3.8, 4) is 0 Å². The second kappa shape index (κ2) is 45.2. The maximum Gasteiger partial charge on any atom is 0.472 e. The first kappa shape index (κ1) is 55.2. The van der Waals surface area contributed by atoms with Gasteiger partial charge >= 0.3 is 13.8 Å². The second-order valence-electron chi connectivity index (χ2n) is 14.1. The number of hydrogen-bond donors (Lipinski definition) is 2. The average Bonchev–Trinajstić information content (AvgIpc) is 3.21. The van der Waals surface area contributed by atoms with Gasteiger partial charge in [-0.2, -0.15) is 0 Å². The van der Waals surface area contributed by atoms with E-state index in [0.717, 1.165) is 116 Å². The number of carbonyl (C=O) groups excluding carboxylic acids is 1. The van der Waals surface area contributed by atoms with E-state index in [1.807, 2.05) is 0 Å². The molecular weight excluding hydrogens is 746 g/mol. The monoisotopic (exact) mass is 828 g/mol. The Morgan fingerprint density at radius 3 is 1.36 bits per heavy atom. The minimum absolute atomic E-state index is 0.0825. The van der Waals surface area contributed by atoms with Gasteiger partial charge in [-0.1, -0.05) is 162 Å². The number of nitrogens with two attached hydrogens (primary N) is 1. The standard InChI is InChI=1S/C49H82NO7P/c1-3-5-7-9-11-13-15-17-19-21-22-23-24-25-26-27-28-30-32-34-36-38-40-42-49(51)57-48(47-56-58(52,53)55-45-43-50)46-54-44-41-39-37-35-33-31-29-20-18-16-14-12-10-8-6-4-2/h5-8,11-14,17-20,22-23,25-26,31,33,48H,3-4,9-10,15-16,21,24,27-30,32,34-47,50H2,1-2H3,(H,52,53)/b7-5-,8-6-,13-11-,14-12-,19-17-,20-18-,23-22-,26-25-,33-31-. The molecule has 0 fully saturated rings. The van der Waals surface area contributed by atoms with E-state index in [1.165, 1.54) is 19.3 Å². The number of allylic oxidation sites excluding steroid dienone is 18. The number of hydrogen-bond acceptors (Lipinski definition) is 7. The van der Waals surface area contributed by atoms with Crippen LogP contribution in [0.1, 0.15) is 155 Å². The predicted octanol–water partition coefficient (Wildman–Crippen LogP) is 13.6. The highest BCUT2D eigenvalue weighted by molar-refractivity contribution is 7.47. The van der Waals surface area contributed by atoms with Crippen LogP contribution in [-0.4, -0.2) is 49.9 Å². The zero-order chi connectivity index (χ0) is 42.3. The van der Waals surface area contributed by atoms with Crippen LogP contribution in [0.5, 0.6) is 0 Å². The number of phosphoric ester groups is 1. The van der Waals surface area contributed by atoms with Crippen molar-refractivity contribution in [1.29, 1.82) is 0 Å². The molecule has 9 heteroatoms. The van der Waals surface area contributed by atoms with Crippen LogP contribution in [-0.2, 0) is 27.9 Å². The molecule has 3 N–H and O–H groups in total. The lowest BCUT2D eigenvalue weighted by Crippen LogP contribution is -2.28. The third kappa shape index (κ3) is 44.3. The van der Waals surface area contributed by atoms with E-state index in [-0.39, 0.29) is 32.3 Å². The van der Waals surface area contributed by atoms with Gasteiger partial charge in [0.05, 0.1) is 19.8 Å². The maximum absolute atomic E-state index is 12.6. The van der Waals surface area contributed by atoms with Crippen LogP contribution >= 0.6 is 7.82 Å². The molecule has 2 unspecified atom stereocenters. The maximum atomic E-state index is 12.6. The van der Waals surface area contributed by atoms with Gasteiger partial charge in [-0.25, -0.2) is 4.57 Å². The quantitative estimate of drug-likeness (QED) is 0.0271. The molecule has 0 aromatic rings. The molecule has 0 aliphatic heterocycles. The van der Waals surface area contributed by atoms with Gasteiger partial charge in [0.2, 0.25) is 0 Å². The first-order valence-corrected chi connectivity index (χ1v) is 23.9. The first-order chi connectivity index (χ1) is 28.4. The third-order valence-electron chi connectivity index (χ3n) is 8.69. The van der Waals surface area contributed by atoms with Crippen LogP contribution in [0.25, 0.3) is 0 Å². The number of phosphoric acid groups is 1. The number of esters is 1. The number of carbonyl (C=O) groups is 1. The van der Waals surface area contributed by atoms with Gasteiger partial charge in [-0.15, -0.1) is 0 Å². The molecule has 0 spiro atoms. The van der Waals surface area contributed by atoms with Gasteiger partial charge in [-0.3, -0.25) is 13.8 Å². The van der Waals surface area contributed by atoms with Gasteiger partial charge in [0.25, 0.3) is 0 Å².